The van der Waals surface area contributed by atoms with Crippen LogP contribution in [0.5, 0.6) is 0 Å². The van der Waals surface area contributed by atoms with Gasteiger partial charge in [0.25, 0.3) is 5.91 Å². The third-order valence-electron chi connectivity index (χ3n) is 4.09. The van der Waals surface area contributed by atoms with Gasteiger partial charge in [0.1, 0.15) is 0 Å². The molecule has 0 radical (unpaired) electrons. The molecule has 0 N–H and O–H groups in total. The van der Waals surface area contributed by atoms with Crippen molar-refractivity contribution in [3.05, 3.63) is 0 Å². The monoisotopic (exact) mass is 254 g/mol. The number of nitrogens with zero attached hydrogens (tertiary/aromatic N) is 2. The van der Waals surface area contributed by atoms with Crippen LogP contribution < -0.4 is 0 Å². The van der Waals surface area contributed by atoms with Gasteiger partial charge in [-0.15, -0.1) is 0 Å². The van der Waals surface area contributed by atoms with Crippen LogP contribution in [0.4, 0.5) is 0 Å². The smallest absolute Gasteiger partial charge is 0.255 e. The van der Waals surface area contributed by atoms with Crippen molar-refractivity contribution < 1.29 is 4.79 Å². The molecule has 1 atom stereocenters. The van der Waals surface area contributed by atoms with Crippen LogP contribution in [0, 0.1) is 11.3 Å². The van der Waals surface area contributed by atoms with E-state index in [9.17, 15) is 4.79 Å². The maximum atomic E-state index is 12.2. The highest BCUT2D eigenvalue weighted by Crippen LogP contribution is 2.37. The Morgan fingerprint density at radius 1 is 1.29 bits per heavy atom. The first-order valence-electron chi connectivity index (χ1n) is 6.55. The van der Waals surface area contributed by atoms with Crippen LogP contribution in [-0.2, 0) is 4.79 Å². The van der Waals surface area contributed by atoms with E-state index < -0.39 is 0 Å². The van der Waals surface area contributed by atoms with Crippen LogP contribution >= 0.6 is 11.8 Å². The van der Waals surface area contributed by atoms with Gasteiger partial charge in [-0.3, -0.25) is 4.79 Å². The molecule has 2 heterocycles. The number of aliphatic imine (C=N–C) groups is 1. The second-order valence-electron chi connectivity index (χ2n) is 5.61. The molecular weight excluding hydrogens is 232 g/mol. The summed E-state index contributed by atoms with van der Waals surface area (Å²) < 4.78 is 0. The summed E-state index contributed by atoms with van der Waals surface area (Å²) in [5.74, 6) is 1.31. The van der Waals surface area contributed by atoms with Crippen LogP contribution in [-0.4, -0.2) is 34.8 Å². The summed E-state index contributed by atoms with van der Waals surface area (Å²) in [5.41, 5.74) is -0.274. The SMILES string of the molecule is CC(C)C1(C)CSC(N2CCCCC2)=NC1=O. The molecule has 0 saturated carbocycles. The first kappa shape index (κ1) is 12.9. The van der Waals surface area contributed by atoms with Gasteiger partial charge in [-0.05, 0) is 32.1 Å². The minimum absolute atomic E-state index is 0.0758. The molecule has 3 nitrogen and oxygen atoms in total. The molecule has 4 heteroatoms. The fourth-order valence-electron chi connectivity index (χ4n) is 2.18. The van der Waals surface area contributed by atoms with E-state index >= 15 is 0 Å². The molecule has 1 fully saturated rings. The third kappa shape index (κ3) is 2.51. The van der Waals surface area contributed by atoms with Crippen molar-refractivity contribution >= 4 is 22.8 Å². The maximum absolute atomic E-state index is 12.2. The van der Waals surface area contributed by atoms with Gasteiger partial charge in [0.05, 0.1) is 5.41 Å². The quantitative estimate of drug-likeness (QED) is 0.721. The van der Waals surface area contributed by atoms with Gasteiger partial charge < -0.3 is 4.90 Å². The van der Waals surface area contributed by atoms with Crippen molar-refractivity contribution in [3.8, 4) is 0 Å². The summed E-state index contributed by atoms with van der Waals surface area (Å²) in [6.45, 7) is 8.40. The number of hydrogen-bond acceptors (Lipinski definition) is 3. The van der Waals surface area contributed by atoms with Crippen LogP contribution in [0.1, 0.15) is 40.0 Å². The van der Waals surface area contributed by atoms with E-state index in [-0.39, 0.29) is 11.3 Å². The standard InChI is InChI=1S/C13H22N2OS/c1-10(2)13(3)9-17-12(14-11(13)16)15-7-5-4-6-8-15/h10H,4-9H2,1-3H3. The lowest BCUT2D eigenvalue weighted by Gasteiger charge is -2.37. The van der Waals surface area contributed by atoms with Gasteiger partial charge in [-0.25, -0.2) is 0 Å². The summed E-state index contributed by atoms with van der Waals surface area (Å²) in [5, 5.41) is 0.966. The van der Waals surface area contributed by atoms with Crippen molar-refractivity contribution in [2.45, 2.75) is 40.0 Å². The topological polar surface area (TPSA) is 32.7 Å². The first-order chi connectivity index (χ1) is 8.04. The predicted molar refractivity (Wildman–Crippen MR) is 73.3 cm³/mol. The van der Waals surface area contributed by atoms with Gasteiger partial charge >= 0.3 is 0 Å². The summed E-state index contributed by atoms with van der Waals surface area (Å²) in [4.78, 5) is 18.8. The lowest BCUT2D eigenvalue weighted by atomic mass is 9.80. The number of hydrogen-bond donors (Lipinski definition) is 0. The summed E-state index contributed by atoms with van der Waals surface area (Å²) >= 11 is 1.76. The van der Waals surface area contributed by atoms with Crippen LogP contribution in [0.3, 0.4) is 0 Å². The second kappa shape index (κ2) is 5.01. The Labute approximate surface area is 108 Å². The van der Waals surface area contributed by atoms with Gasteiger partial charge in [-0.1, -0.05) is 25.6 Å². The van der Waals surface area contributed by atoms with Crippen LogP contribution in [0.25, 0.3) is 0 Å². The van der Waals surface area contributed by atoms with E-state index in [2.05, 4.69) is 23.7 Å². The third-order valence-corrected chi connectivity index (χ3v) is 5.44. The Hall–Kier alpha value is -0.510. The second-order valence-corrected chi connectivity index (χ2v) is 6.55. The molecule has 0 aromatic carbocycles. The highest BCUT2D eigenvalue weighted by atomic mass is 32.2. The maximum Gasteiger partial charge on any atom is 0.255 e. The molecule has 1 saturated heterocycles. The molecule has 2 rings (SSSR count). The Balaban J connectivity index is 2.10. The minimum Gasteiger partial charge on any atom is -0.351 e. The zero-order valence-electron chi connectivity index (χ0n) is 11.0. The molecule has 1 unspecified atom stereocenters. The van der Waals surface area contributed by atoms with Gasteiger partial charge in [0.15, 0.2) is 5.17 Å². The fourth-order valence-corrected chi connectivity index (χ4v) is 3.58. The van der Waals surface area contributed by atoms with E-state index in [1.165, 1.54) is 19.3 Å². The molecule has 0 aliphatic carbocycles. The number of amidine groups is 1. The zero-order valence-corrected chi connectivity index (χ0v) is 11.8. The van der Waals surface area contributed by atoms with Crippen LogP contribution in [0.15, 0.2) is 4.99 Å². The number of rotatable bonds is 1. The van der Waals surface area contributed by atoms with Crippen molar-refractivity contribution in [2.24, 2.45) is 16.3 Å². The van der Waals surface area contributed by atoms with Crippen molar-refractivity contribution in [1.29, 1.82) is 0 Å². The average molecular weight is 254 g/mol. The van der Waals surface area contributed by atoms with E-state index in [0.29, 0.717) is 5.92 Å². The zero-order chi connectivity index (χ0) is 12.5. The molecule has 0 aromatic heterocycles. The van der Waals surface area contributed by atoms with Gasteiger partial charge in [-0.2, -0.15) is 4.99 Å². The number of amides is 1. The molecule has 0 spiro atoms. The Morgan fingerprint density at radius 3 is 2.47 bits per heavy atom. The Bertz CT molecular complexity index is 334. The minimum atomic E-state index is -0.274. The molecular formula is C13H22N2OS. The highest BCUT2D eigenvalue weighted by molar-refractivity contribution is 8.13. The summed E-state index contributed by atoms with van der Waals surface area (Å²) in [6.07, 6.45) is 3.77. The van der Waals surface area contributed by atoms with Gasteiger partial charge in [0, 0.05) is 18.8 Å². The molecule has 0 bridgehead atoms. The Morgan fingerprint density at radius 2 is 1.94 bits per heavy atom. The van der Waals surface area contributed by atoms with E-state index in [1.807, 2.05) is 6.92 Å². The number of likely N-dealkylation sites (tertiary alicyclic amines) is 1. The molecule has 2 aliphatic rings. The predicted octanol–water partition coefficient (Wildman–Crippen LogP) is 2.76. The van der Waals surface area contributed by atoms with E-state index in [1.54, 1.807) is 11.8 Å². The van der Waals surface area contributed by atoms with Gasteiger partial charge in [0.2, 0.25) is 0 Å². The molecule has 96 valence electrons. The number of piperidine rings is 1. The summed E-state index contributed by atoms with van der Waals surface area (Å²) in [7, 11) is 0. The Kier molecular flexibility index (Phi) is 3.81. The van der Waals surface area contributed by atoms with E-state index in [4.69, 9.17) is 0 Å². The molecule has 0 aromatic rings. The molecule has 2 aliphatic heterocycles. The fraction of sp³-hybridized carbons (Fsp3) is 0.846. The number of carbonyl (C=O) groups excluding carboxylic acids is 1. The number of carbonyl (C=O) groups is 1. The summed E-state index contributed by atoms with van der Waals surface area (Å²) in [6, 6.07) is 0. The highest BCUT2D eigenvalue weighted by Gasteiger charge is 2.40. The lowest BCUT2D eigenvalue weighted by molar-refractivity contribution is -0.127. The van der Waals surface area contributed by atoms with Crippen molar-refractivity contribution in [2.75, 3.05) is 18.8 Å². The average Bonchev–Trinajstić information content (AvgIpc) is 2.33. The van der Waals surface area contributed by atoms with E-state index in [0.717, 1.165) is 24.0 Å². The largest absolute Gasteiger partial charge is 0.351 e. The number of thioether (sulfide) groups is 1. The van der Waals surface area contributed by atoms with Crippen LogP contribution in [0.2, 0.25) is 0 Å². The van der Waals surface area contributed by atoms with Crippen molar-refractivity contribution in [1.82, 2.24) is 4.90 Å². The normalized spacial score (nSPS) is 30.7. The molecule has 1 amide bonds. The first-order valence-corrected chi connectivity index (χ1v) is 7.53. The lowest BCUT2D eigenvalue weighted by Crippen LogP contribution is -2.43. The molecule has 17 heavy (non-hydrogen) atoms. The van der Waals surface area contributed by atoms with Crippen molar-refractivity contribution in [3.63, 3.8) is 0 Å².